The Morgan fingerprint density at radius 1 is 1.08 bits per heavy atom. The monoisotopic (exact) mass is 550 g/mol. The molecule has 1 saturated heterocycles. The fraction of sp³-hybridized carbons (Fsp3) is 0.286. The third kappa shape index (κ3) is 5.20. The van der Waals surface area contributed by atoms with Crippen LogP contribution in [0.4, 0.5) is 11.4 Å². The maximum Gasteiger partial charge on any atom is 0.337 e. The third-order valence-electron chi connectivity index (χ3n) is 6.92. The molecule has 0 radical (unpaired) electrons. The average Bonchev–Trinajstić information content (AvgIpc) is 3.43. The first-order valence-corrected chi connectivity index (χ1v) is 14.1. The number of nitrogens with zero attached hydrogens (tertiary/aromatic N) is 2. The summed E-state index contributed by atoms with van der Waals surface area (Å²) in [6, 6.07) is 19.2. The normalized spacial score (nSPS) is 21.5. The molecule has 11 heteroatoms. The van der Waals surface area contributed by atoms with E-state index in [-0.39, 0.29) is 28.3 Å². The number of hydroxylamine groups is 1. The van der Waals surface area contributed by atoms with Gasteiger partial charge < -0.3 is 24.9 Å². The molecule has 204 valence electrons. The number of rotatable bonds is 8. The summed E-state index contributed by atoms with van der Waals surface area (Å²) in [4.78, 5) is 19.2. The van der Waals surface area contributed by atoms with Crippen molar-refractivity contribution in [2.75, 3.05) is 16.8 Å². The van der Waals surface area contributed by atoms with Crippen LogP contribution < -0.4 is 15.7 Å². The SMILES string of the molecule is CCOC1Nc2cccc(C(=O)O)c2N1Cc1ccc(-c2ccccc2S(=O)(=O)N=C2ON[C@@H](C)C2C)cc1. The highest BCUT2D eigenvalue weighted by molar-refractivity contribution is 7.90. The van der Waals surface area contributed by atoms with Crippen molar-refractivity contribution in [2.24, 2.45) is 10.3 Å². The minimum atomic E-state index is -4.03. The van der Waals surface area contributed by atoms with Gasteiger partial charge in [0, 0.05) is 18.7 Å². The van der Waals surface area contributed by atoms with E-state index in [2.05, 4.69) is 15.2 Å². The number of benzene rings is 3. The first-order chi connectivity index (χ1) is 18.7. The number of para-hydroxylation sites is 1. The Morgan fingerprint density at radius 3 is 2.49 bits per heavy atom. The highest BCUT2D eigenvalue weighted by Gasteiger charge is 2.33. The van der Waals surface area contributed by atoms with Crippen LogP contribution in [0.1, 0.15) is 36.7 Å². The van der Waals surface area contributed by atoms with Crippen LogP contribution in [0.5, 0.6) is 0 Å². The highest BCUT2D eigenvalue weighted by atomic mass is 32.2. The summed E-state index contributed by atoms with van der Waals surface area (Å²) in [7, 11) is -4.03. The predicted molar refractivity (Wildman–Crippen MR) is 148 cm³/mol. The maximum absolute atomic E-state index is 13.3. The smallest absolute Gasteiger partial charge is 0.337 e. The highest BCUT2D eigenvalue weighted by Crippen LogP contribution is 2.39. The van der Waals surface area contributed by atoms with Crippen LogP contribution >= 0.6 is 0 Å². The molecule has 2 unspecified atom stereocenters. The number of ether oxygens (including phenoxy) is 1. The molecule has 2 aliphatic rings. The molecular weight excluding hydrogens is 520 g/mol. The summed E-state index contributed by atoms with van der Waals surface area (Å²) in [5.41, 5.74) is 6.32. The van der Waals surface area contributed by atoms with Gasteiger partial charge in [0.25, 0.3) is 10.0 Å². The van der Waals surface area contributed by atoms with E-state index < -0.39 is 22.3 Å². The molecular formula is C28H30N4O6S. The van der Waals surface area contributed by atoms with E-state index in [0.29, 0.717) is 35.7 Å². The first-order valence-electron chi connectivity index (χ1n) is 12.7. The number of nitrogens with one attached hydrogen (secondary N) is 2. The zero-order chi connectivity index (χ0) is 27.7. The van der Waals surface area contributed by atoms with Gasteiger partial charge in [-0.25, -0.2) is 4.79 Å². The molecule has 39 heavy (non-hydrogen) atoms. The van der Waals surface area contributed by atoms with E-state index in [1.54, 1.807) is 30.3 Å². The van der Waals surface area contributed by atoms with Crippen molar-refractivity contribution < 1.29 is 27.9 Å². The van der Waals surface area contributed by atoms with Crippen LogP contribution in [0, 0.1) is 5.92 Å². The molecule has 1 fully saturated rings. The summed E-state index contributed by atoms with van der Waals surface area (Å²) in [6.07, 6.45) is -0.521. The Labute approximate surface area is 227 Å². The minimum Gasteiger partial charge on any atom is -0.478 e. The molecule has 0 bridgehead atoms. The Hall–Kier alpha value is -3.93. The number of fused-ring (bicyclic) bond motifs is 1. The van der Waals surface area contributed by atoms with Crippen molar-refractivity contribution >= 4 is 33.3 Å². The summed E-state index contributed by atoms with van der Waals surface area (Å²) in [5, 5.41) is 13.0. The zero-order valence-electron chi connectivity index (χ0n) is 21.8. The molecule has 3 atom stereocenters. The van der Waals surface area contributed by atoms with Crippen molar-refractivity contribution in [3.05, 3.63) is 77.9 Å². The Kier molecular flexibility index (Phi) is 7.30. The van der Waals surface area contributed by atoms with Gasteiger partial charge in [0.2, 0.25) is 12.2 Å². The molecule has 10 nitrogen and oxygen atoms in total. The van der Waals surface area contributed by atoms with Gasteiger partial charge in [0.05, 0.1) is 33.8 Å². The molecule has 2 aliphatic heterocycles. The molecule has 3 aromatic rings. The van der Waals surface area contributed by atoms with Crippen molar-refractivity contribution in [3.63, 3.8) is 0 Å². The molecule has 3 N–H and O–H groups in total. The maximum atomic E-state index is 13.3. The van der Waals surface area contributed by atoms with Crippen LogP contribution in [0.15, 0.2) is 76.0 Å². The largest absolute Gasteiger partial charge is 0.478 e. The van der Waals surface area contributed by atoms with E-state index in [9.17, 15) is 18.3 Å². The van der Waals surface area contributed by atoms with Gasteiger partial charge in [-0.15, -0.1) is 4.40 Å². The quantitative estimate of drug-likeness (QED) is 0.372. The molecule has 3 aromatic carbocycles. The Morgan fingerprint density at radius 2 is 1.82 bits per heavy atom. The second-order valence-electron chi connectivity index (χ2n) is 9.48. The molecule has 0 aromatic heterocycles. The van der Waals surface area contributed by atoms with Crippen LogP contribution in [0.2, 0.25) is 0 Å². The van der Waals surface area contributed by atoms with Crippen molar-refractivity contribution in [3.8, 4) is 11.1 Å². The lowest BCUT2D eigenvalue weighted by Gasteiger charge is -2.27. The number of carbonyl (C=O) groups is 1. The summed E-state index contributed by atoms with van der Waals surface area (Å²) in [6.45, 7) is 6.45. The van der Waals surface area contributed by atoms with Gasteiger partial charge in [-0.05, 0) is 43.2 Å². The lowest BCUT2D eigenvalue weighted by molar-refractivity contribution is 0.0694. The standard InChI is InChI=1S/C28H30N4O6S/c1-4-37-28-29-23-10-7-9-22(27(33)34)25(23)32(28)16-19-12-14-20(15-13-19)21-8-5-6-11-24(21)39(35,36)31-26-17(2)18(3)30-38-26/h5-15,17-18,28-30H,4,16H2,1-3H3,(H,33,34)/t17?,18-,28?/m0/s1. The van der Waals surface area contributed by atoms with Gasteiger partial charge in [0.1, 0.15) is 0 Å². The molecule has 0 amide bonds. The first kappa shape index (κ1) is 26.7. The van der Waals surface area contributed by atoms with E-state index in [4.69, 9.17) is 9.57 Å². The second-order valence-corrected chi connectivity index (χ2v) is 11.1. The summed E-state index contributed by atoms with van der Waals surface area (Å²) in [5.74, 6) is -1.06. The second kappa shape index (κ2) is 10.7. The molecule has 2 heterocycles. The van der Waals surface area contributed by atoms with Crippen molar-refractivity contribution in [2.45, 2.75) is 44.6 Å². The lowest BCUT2D eigenvalue weighted by atomic mass is 10.0. The Balaban J connectivity index is 1.44. The summed E-state index contributed by atoms with van der Waals surface area (Å²) < 4.78 is 36.4. The topological polar surface area (TPSA) is 130 Å². The predicted octanol–water partition coefficient (Wildman–Crippen LogP) is 4.45. The van der Waals surface area contributed by atoms with Gasteiger partial charge in [-0.2, -0.15) is 13.9 Å². The molecule has 0 saturated carbocycles. The summed E-state index contributed by atoms with van der Waals surface area (Å²) >= 11 is 0. The van der Waals surface area contributed by atoms with Crippen LogP contribution in [-0.2, 0) is 26.1 Å². The van der Waals surface area contributed by atoms with E-state index in [1.165, 1.54) is 6.07 Å². The van der Waals surface area contributed by atoms with Crippen molar-refractivity contribution in [1.29, 1.82) is 0 Å². The van der Waals surface area contributed by atoms with Crippen molar-refractivity contribution in [1.82, 2.24) is 5.48 Å². The lowest BCUT2D eigenvalue weighted by Crippen LogP contribution is -2.38. The van der Waals surface area contributed by atoms with Gasteiger partial charge in [-0.1, -0.05) is 55.5 Å². The minimum absolute atomic E-state index is 0.0478. The zero-order valence-corrected chi connectivity index (χ0v) is 22.6. The van der Waals surface area contributed by atoms with E-state index >= 15 is 0 Å². The number of carboxylic acids is 1. The number of carboxylic acid groups (broad SMARTS) is 1. The third-order valence-corrected chi connectivity index (χ3v) is 8.25. The Bertz CT molecular complexity index is 1520. The van der Waals surface area contributed by atoms with Crippen LogP contribution in [-0.4, -0.2) is 44.4 Å². The molecule has 0 aliphatic carbocycles. The van der Waals surface area contributed by atoms with Gasteiger partial charge >= 0.3 is 5.97 Å². The number of hydrogen-bond donors (Lipinski definition) is 3. The van der Waals surface area contributed by atoms with Crippen LogP contribution in [0.25, 0.3) is 11.1 Å². The number of anilines is 2. The fourth-order valence-electron chi connectivity index (χ4n) is 4.67. The van der Waals surface area contributed by atoms with Crippen LogP contribution in [0.3, 0.4) is 0 Å². The van der Waals surface area contributed by atoms with E-state index in [1.807, 2.05) is 56.0 Å². The number of sulfonamides is 1. The average molecular weight is 551 g/mol. The van der Waals surface area contributed by atoms with Gasteiger partial charge in [0.15, 0.2) is 0 Å². The molecule has 5 rings (SSSR count). The van der Waals surface area contributed by atoms with Gasteiger partial charge in [-0.3, -0.25) is 0 Å². The number of aromatic carboxylic acids is 1. The fourth-order valence-corrected chi connectivity index (χ4v) is 5.92. The molecule has 0 spiro atoms. The number of hydrogen-bond acceptors (Lipinski definition) is 8. The van der Waals surface area contributed by atoms with E-state index in [0.717, 1.165) is 5.56 Å².